The minimum Gasteiger partial charge on any atom is -0.462 e. The van der Waals surface area contributed by atoms with E-state index in [0.29, 0.717) is 19.8 Å². The molecule has 1 rings (SSSR count). The molecule has 0 atom stereocenters. The molecule has 0 radical (unpaired) electrons. The zero-order valence-electron chi connectivity index (χ0n) is 16.7. The fourth-order valence-corrected chi connectivity index (χ4v) is 2.46. The van der Waals surface area contributed by atoms with Gasteiger partial charge in [0.25, 0.3) is 0 Å². The first-order chi connectivity index (χ1) is 12.7. The largest absolute Gasteiger partial charge is 0.462 e. The van der Waals surface area contributed by atoms with Crippen LogP contribution in [0.4, 0.5) is 0 Å². The first-order valence-electron chi connectivity index (χ1n) is 9.45. The molecule has 0 heterocycles. The number of esters is 1. The molecule has 0 bridgehead atoms. The predicted octanol–water partition coefficient (Wildman–Crippen LogP) is 3.50. The van der Waals surface area contributed by atoms with E-state index >= 15 is 0 Å². The minimum atomic E-state index is -0.526. The number of allylic oxidation sites excluding steroid dienone is 3. The Labute approximate surface area is 158 Å². The van der Waals surface area contributed by atoms with Crippen LogP contribution in [0.2, 0.25) is 0 Å². The molecule has 1 aliphatic rings. The molecule has 0 saturated carbocycles. The standard InChI is InChI=1S/C18H28N2O4.C2H6/c1-22-10-3-4-12-24-18(21)17(14-19)15-7-5-8-16(13-15)20-9-6-11-23-2;1-2/h13,20H,3-12H2,1-2H3;1-2H3/b17-15-;. The summed E-state index contributed by atoms with van der Waals surface area (Å²) in [6.45, 7) is 6.48. The van der Waals surface area contributed by atoms with Gasteiger partial charge in [0.1, 0.15) is 11.6 Å². The van der Waals surface area contributed by atoms with Crippen LogP contribution in [-0.2, 0) is 19.0 Å². The minimum absolute atomic E-state index is 0.123. The van der Waals surface area contributed by atoms with Crippen molar-refractivity contribution in [2.45, 2.75) is 52.4 Å². The normalized spacial score (nSPS) is 15.1. The number of hydrogen-bond donors (Lipinski definition) is 1. The first kappa shape index (κ1) is 24.2. The van der Waals surface area contributed by atoms with Gasteiger partial charge in [-0.1, -0.05) is 13.8 Å². The summed E-state index contributed by atoms with van der Waals surface area (Å²) >= 11 is 0. The van der Waals surface area contributed by atoms with Crippen LogP contribution in [0.3, 0.4) is 0 Å². The van der Waals surface area contributed by atoms with E-state index in [-0.39, 0.29) is 5.57 Å². The lowest BCUT2D eigenvalue weighted by Gasteiger charge is -2.18. The van der Waals surface area contributed by atoms with Crippen molar-refractivity contribution in [1.82, 2.24) is 5.32 Å². The molecule has 26 heavy (non-hydrogen) atoms. The molecule has 1 aliphatic carbocycles. The van der Waals surface area contributed by atoms with Crippen molar-refractivity contribution in [2.75, 3.05) is 40.6 Å². The number of nitriles is 1. The van der Waals surface area contributed by atoms with Gasteiger partial charge in [0.2, 0.25) is 0 Å². The van der Waals surface area contributed by atoms with Crippen molar-refractivity contribution in [2.24, 2.45) is 0 Å². The molecule has 148 valence electrons. The van der Waals surface area contributed by atoms with E-state index in [1.54, 1.807) is 14.2 Å². The van der Waals surface area contributed by atoms with E-state index in [0.717, 1.165) is 56.3 Å². The smallest absolute Gasteiger partial charge is 0.349 e. The molecule has 0 amide bonds. The highest BCUT2D eigenvalue weighted by atomic mass is 16.5. The second-order valence-electron chi connectivity index (χ2n) is 5.64. The number of carbonyl (C=O) groups is 1. The van der Waals surface area contributed by atoms with Crippen LogP contribution in [0.15, 0.2) is 22.9 Å². The number of nitrogens with one attached hydrogen (secondary N) is 1. The number of ether oxygens (including phenoxy) is 3. The molecule has 0 unspecified atom stereocenters. The molecule has 0 aromatic rings. The lowest BCUT2D eigenvalue weighted by atomic mass is 9.95. The molecule has 0 aromatic heterocycles. The molecule has 1 N–H and O–H groups in total. The van der Waals surface area contributed by atoms with Crippen molar-refractivity contribution < 1.29 is 19.0 Å². The fourth-order valence-electron chi connectivity index (χ4n) is 2.46. The van der Waals surface area contributed by atoms with Gasteiger partial charge in [-0.3, -0.25) is 0 Å². The van der Waals surface area contributed by atoms with Crippen LogP contribution in [-0.4, -0.2) is 46.6 Å². The quantitative estimate of drug-likeness (QED) is 0.261. The molecule has 0 aromatic carbocycles. The Morgan fingerprint density at radius 1 is 1.12 bits per heavy atom. The Bertz CT molecular complexity index is 493. The van der Waals surface area contributed by atoms with Gasteiger partial charge in [0.15, 0.2) is 0 Å². The van der Waals surface area contributed by atoms with Gasteiger partial charge < -0.3 is 19.5 Å². The lowest BCUT2D eigenvalue weighted by Crippen LogP contribution is -2.19. The van der Waals surface area contributed by atoms with Gasteiger partial charge >= 0.3 is 5.97 Å². The van der Waals surface area contributed by atoms with Crippen molar-refractivity contribution in [3.63, 3.8) is 0 Å². The van der Waals surface area contributed by atoms with Crippen LogP contribution in [0.25, 0.3) is 0 Å². The van der Waals surface area contributed by atoms with Crippen LogP contribution in [0.1, 0.15) is 52.4 Å². The monoisotopic (exact) mass is 366 g/mol. The van der Waals surface area contributed by atoms with Crippen molar-refractivity contribution >= 4 is 5.97 Å². The topological polar surface area (TPSA) is 80.6 Å². The summed E-state index contributed by atoms with van der Waals surface area (Å²) in [5, 5.41) is 12.7. The third-order valence-corrected chi connectivity index (χ3v) is 3.73. The summed E-state index contributed by atoms with van der Waals surface area (Å²) in [5.41, 5.74) is 1.95. The number of unbranched alkanes of at least 4 members (excludes halogenated alkanes) is 1. The Balaban J connectivity index is 0.00000301. The van der Waals surface area contributed by atoms with E-state index < -0.39 is 5.97 Å². The third-order valence-electron chi connectivity index (χ3n) is 3.73. The van der Waals surface area contributed by atoms with Crippen LogP contribution >= 0.6 is 0 Å². The van der Waals surface area contributed by atoms with Gasteiger partial charge in [0.05, 0.1) is 6.61 Å². The molecule has 0 saturated heterocycles. The predicted molar refractivity (Wildman–Crippen MR) is 102 cm³/mol. The number of methoxy groups -OCH3 is 2. The number of rotatable bonds is 11. The van der Waals surface area contributed by atoms with E-state index in [4.69, 9.17) is 14.2 Å². The molecular formula is C20H34N2O4. The SMILES string of the molecule is CC.COCCCCOC(=O)/C(C#N)=C1\C=C(NCCCOC)CCC1. The Kier molecular flexibility index (Phi) is 15.4. The highest BCUT2D eigenvalue weighted by Crippen LogP contribution is 2.24. The van der Waals surface area contributed by atoms with Gasteiger partial charge in [-0.05, 0) is 50.2 Å². The Hall–Kier alpha value is -1.84. The number of carbonyl (C=O) groups excluding carboxylic acids is 1. The third kappa shape index (κ3) is 10.2. The summed E-state index contributed by atoms with van der Waals surface area (Å²) in [5.74, 6) is -0.526. The first-order valence-corrected chi connectivity index (χ1v) is 9.45. The highest BCUT2D eigenvalue weighted by Gasteiger charge is 2.18. The maximum absolute atomic E-state index is 12.1. The zero-order chi connectivity index (χ0) is 19.6. The lowest BCUT2D eigenvalue weighted by molar-refractivity contribution is -0.138. The van der Waals surface area contributed by atoms with E-state index in [1.165, 1.54) is 0 Å². The number of hydrogen-bond acceptors (Lipinski definition) is 6. The molecule has 0 fully saturated rings. The summed E-state index contributed by atoms with van der Waals surface area (Å²) in [4.78, 5) is 12.1. The average Bonchev–Trinajstić information content (AvgIpc) is 2.68. The second kappa shape index (κ2) is 16.6. The summed E-state index contributed by atoms with van der Waals surface area (Å²) in [6, 6.07) is 2.01. The summed E-state index contributed by atoms with van der Waals surface area (Å²) < 4.78 is 15.2. The van der Waals surface area contributed by atoms with Crippen molar-refractivity contribution in [1.29, 1.82) is 5.26 Å². The second-order valence-corrected chi connectivity index (χ2v) is 5.64. The van der Waals surface area contributed by atoms with E-state index in [9.17, 15) is 10.1 Å². The van der Waals surface area contributed by atoms with Gasteiger partial charge in [-0.15, -0.1) is 0 Å². The molecule has 0 spiro atoms. The summed E-state index contributed by atoms with van der Waals surface area (Å²) in [7, 11) is 3.32. The maximum Gasteiger partial charge on any atom is 0.349 e. The molecule has 6 nitrogen and oxygen atoms in total. The van der Waals surface area contributed by atoms with Crippen molar-refractivity contribution in [3.8, 4) is 6.07 Å². The molecule has 0 aliphatic heterocycles. The summed E-state index contributed by atoms with van der Waals surface area (Å²) in [6.07, 6.45) is 6.98. The molecular weight excluding hydrogens is 332 g/mol. The maximum atomic E-state index is 12.1. The van der Waals surface area contributed by atoms with Crippen LogP contribution < -0.4 is 5.32 Å². The Morgan fingerprint density at radius 3 is 2.42 bits per heavy atom. The zero-order valence-corrected chi connectivity index (χ0v) is 16.7. The van der Waals surface area contributed by atoms with E-state index in [1.807, 2.05) is 26.0 Å². The van der Waals surface area contributed by atoms with Gasteiger partial charge in [-0.2, -0.15) is 5.26 Å². The average molecular weight is 367 g/mol. The van der Waals surface area contributed by atoms with Crippen molar-refractivity contribution in [3.05, 3.63) is 22.9 Å². The van der Waals surface area contributed by atoms with Gasteiger partial charge in [0, 0.05) is 39.7 Å². The highest BCUT2D eigenvalue weighted by molar-refractivity contribution is 5.94. The van der Waals surface area contributed by atoms with E-state index in [2.05, 4.69) is 5.32 Å². The van der Waals surface area contributed by atoms with Crippen LogP contribution in [0.5, 0.6) is 0 Å². The van der Waals surface area contributed by atoms with Crippen LogP contribution in [0, 0.1) is 11.3 Å². The molecule has 6 heteroatoms. The fraction of sp³-hybridized carbons (Fsp3) is 0.700. The number of nitrogens with zero attached hydrogens (tertiary/aromatic N) is 1. The van der Waals surface area contributed by atoms with Gasteiger partial charge in [-0.25, -0.2) is 4.79 Å². The Morgan fingerprint density at radius 2 is 1.77 bits per heavy atom.